The van der Waals surface area contributed by atoms with Crippen LogP contribution in [0, 0.1) is 5.92 Å². The van der Waals surface area contributed by atoms with Crippen LogP contribution in [0.25, 0.3) is 0 Å². The van der Waals surface area contributed by atoms with E-state index in [1.165, 1.54) is 20.9 Å². The van der Waals surface area contributed by atoms with Gasteiger partial charge in [0.25, 0.3) is 5.91 Å². The number of rotatable bonds is 4. The lowest BCUT2D eigenvalue weighted by Crippen LogP contribution is -2.47. The van der Waals surface area contributed by atoms with Crippen molar-refractivity contribution in [2.45, 2.75) is 25.3 Å². The molecule has 3 amide bonds. The Kier molecular flexibility index (Phi) is 5.15. The number of para-hydroxylation sites is 1. The molecule has 152 valence electrons. The van der Waals surface area contributed by atoms with Crippen LogP contribution < -0.4 is 5.01 Å². The molecule has 0 radical (unpaired) electrons. The van der Waals surface area contributed by atoms with Gasteiger partial charge in [-0.05, 0) is 30.2 Å². The van der Waals surface area contributed by atoms with Crippen molar-refractivity contribution in [1.29, 1.82) is 0 Å². The molecular weight excluding hydrogens is 376 g/mol. The second-order valence-electron chi connectivity index (χ2n) is 7.26. The van der Waals surface area contributed by atoms with Crippen LogP contribution in [0.15, 0.2) is 42.7 Å². The molecule has 0 aliphatic carbocycles. The number of benzene rings is 1. The van der Waals surface area contributed by atoms with Crippen LogP contribution >= 0.6 is 0 Å². The maximum atomic E-state index is 13.3. The van der Waals surface area contributed by atoms with E-state index in [9.17, 15) is 14.4 Å². The Hall–Kier alpha value is -3.43. The van der Waals surface area contributed by atoms with E-state index in [0.717, 1.165) is 0 Å². The van der Waals surface area contributed by atoms with Gasteiger partial charge in [0.15, 0.2) is 0 Å². The van der Waals surface area contributed by atoms with Gasteiger partial charge in [-0.1, -0.05) is 18.2 Å². The van der Waals surface area contributed by atoms with Gasteiger partial charge in [-0.15, -0.1) is 5.10 Å². The van der Waals surface area contributed by atoms with E-state index in [0.29, 0.717) is 38.2 Å². The Balaban J connectivity index is 1.49. The lowest BCUT2D eigenvalue weighted by molar-refractivity contribution is -0.130. The standard InChI is InChI=1S/C19H22N6O4/c26-17-12-14(13-23(17)15-6-9-22(10-7-15)19(28)29)18(27)25(24-11-8-20-21-24)16-4-2-1-3-5-16/h1-5,8,11,14-15H,6-7,9-10,12-13H2,(H,28,29). The van der Waals surface area contributed by atoms with E-state index in [1.54, 1.807) is 23.2 Å². The van der Waals surface area contributed by atoms with Crippen molar-refractivity contribution in [1.82, 2.24) is 24.9 Å². The molecule has 10 nitrogen and oxygen atoms in total. The van der Waals surface area contributed by atoms with E-state index in [4.69, 9.17) is 5.11 Å². The minimum atomic E-state index is -0.935. The highest BCUT2D eigenvalue weighted by Crippen LogP contribution is 2.28. The second-order valence-corrected chi connectivity index (χ2v) is 7.26. The number of nitrogens with zero attached hydrogens (tertiary/aromatic N) is 6. The molecule has 1 atom stereocenters. The lowest BCUT2D eigenvalue weighted by Gasteiger charge is -2.35. The summed E-state index contributed by atoms with van der Waals surface area (Å²) in [5.74, 6) is -0.784. The summed E-state index contributed by atoms with van der Waals surface area (Å²) >= 11 is 0. The Morgan fingerprint density at radius 3 is 2.48 bits per heavy atom. The number of carboxylic acid groups (broad SMARTS) is 1. The van der Waals surface area contributed by atoms with Crippen LogP contribution in [0.4, 0.5) is 10.5 Å². The molecule has 2 saturated heterocycles. The summed E-state index contributed by atoms with van der Waals surface area (Å²) in [6.07, 6.45) is 3.45. The number of amides is 3. The molecule has 0 spiro atoms. The fourth-order valence-electron chi connectivity index (χ4n) is 4.02. The fourth-order valence-corrected chi connectivity index (χ4v) is 4.02. The van der Waals surface area contributed by atoms with E-state index in [1.807, 2.05) is 18.2 Å². The van der Waals surface area contributed by atoms with Gasteiger partial charge < -0.3 is 14.9 Å². The maximum Gasteiger partial charge on any atom is 0.407 e. The van der Waals surface area contributed by atoms with Crippen molar-refractivity contribution in [2.24, 2.45) is 5.92 Å². The number of likely N-dealkylation sites (tertiary alicyclic amines) is 2. The second kappa shape index (κ2) is 7.90. The first-order valence-electron chi connectivity index (χ1n) is 9.57. The lowest BCUT2D eigenvalue weighted by atomic mass is 10.0. The molecule has 1 aromatic heterocycles. The fraction of sp³-hybridized carbons (Fsp3) is 0.421. The summed E-state index contributed by atoms with van der Waals surface area (Å²) in [5.41, 5.74) is 0.642. The van der Waals surface area contributed by atoms with Gasteiger partial charge in [0.1, 0.15) is 0 Å². The molecule has 0 bridgehead atoms. The summed E-state index contributed by atoms with van der Waals surface area (Å²) < 4.78 is 0. The molecule has 0 saturated carbocycles. The van der Waals surface area contributed by atoms with Crippen molar-refractivity contribution in [3.05, 3.63) is 42.7 Å². The highest BCUT2D eigenvalue weighted by atomic mass is 16.4. The quantitative estimate of drug-likeness (QED) is 0.824. The SMILES string of the molecule is O=C(O)N1CCC(N2CC(C(=O)N(c3ccccc3)n3ccnn3)CC2=O)CC1. The molecule has 1 aromatic carbocycles. The first kappa shape index (κ1) is 18.9. The third-order valence-corrected chi connectivity index (χ3v) is 5.51. The zero-order valence-electron chi connectivity index (χ0n) is 15.8. The third kappa shape index (κ3) is 3.78. The normalized spacial score (nSPS) is 20.1. The van der Waals surface area contributed by atoms with Gasteiger partial charge >= 0.3 is 6.09 Å². The maximum absolute atomic E-state index is 13.3. The number of piperidine rings is 1. The predicted octanol–water partition coefficient (Wildman–Crippen LogP) is 1.07. The smallest absolute Gasteiger partial charge is 0.407 e. The number of carbonyl (C=O) groups excluding carboxylic acids is 2. The van der Waals surface area contributed by atoms with Crippen molar-refractivity contribution < 1.29 is 19.5 Å². The summed E-state index contributed by atoms with van der Waals surface area (Å²) in [7, 11) is 0. The average Bonchev–Trinajstić information content (AvgIpc) is 3.39. The third-order valence-electron chi connectivity index (χ3n) is 5.51. The molecule has 4 rings (SSSR count). The van der Waals surface area contributed by atoms with Gasteiger partial charge in [0.2, 0.25) is 5.91 Å². The van der Waals surface area contributed by atoms with Crippen LogP contribution in [-0.4, -0.2) is 73.6 Å². The molecule has 29 heavy (non-hydrogen) atoms. The van der Waals surface area contributed by atoms with Gasteiger partial charge in [-0.3, -0.25) is 9.59 Å². The Morgan fingerprint density at radius 1 is 1.14 bits per heavy atom. The molecule has 2 aliphatic rings. The minimum Gasteiger partial charge on any atom is -0.465 e. The number of hydrogen-bond donors (Lipinski definition) is 1. The topological polar surface area (TPSA) is 112 Å². The number of aromatic nitrogens is 3. The zero-order chi connectivity index (χ0) is 20.4. The van der Waals surface area contributed by atoms with Crippen LogP contribution in [0.3, 0.4) is 0 Å². The van der Waals surface area contributed by atoms with E-state index >= 15 is 0 Å². The summed E-state index contributed by atoms with van der Waals surface area (Å²) in [6.45, 7) is 1.13. The summed E-state index contributed by atoms with van der Waals surface area (Å²) in [6, 6.07) is 9.08. The van der Waals surface area contributed by atoms with E-state index < -0.39 is 12.0 Å². The average molecular weight is 398 g/mol. The monoisotopic (exact) mass is 398 g/mol. The number of carbonyl (C=O) groups is 3. The molecule has 1 unspecified atom stereocenters. The van der Waals surface area contributed by atoms with Crippen LogP contribution in [0.5, 0.6) is 0 Å². The molecule has 2 aromatic rings. The minimum absolute atomic E-state index is 0.0348. The first-order chi connectivity index (χ1) is 14.0. The molecular formula is C19H22N6O4. The highest BCUT2D eigenvalue weighted by molar-refractivity contribution is 5.98. The van der Waals surface area contributed by atoms with Crippen molar-refractivity contribution in [2.75, 3.05) is 24.6 Å². The molecule has 10 heteroatoms. The highest BCUT2D eigenvalue weighted by Gasteiger charge is 2.41. The van der Waals surface area contributed by atoms with Gasteiger partial charge in [-0.2, -0.15) is 9.80 Å². The molecule has 2 aliphatic heterocycles. The molecule has 2 fully saturated rings. The zero-order valence-corrected chi connectivity index (χ0v) is 15.8. The van der Waals surface area contributed by atoms with Gasteiger partial charge in [-0.25, -0.2) is 4.79 Å². The Morgan fingerprint density at radius 2 is 1.86 bits per heavy atom. The molecule has 1 N–H and O–H groups in total. The molecule has 3 heterocycles. The summed E-state index contributed by atoms with van der Waals surface area (Å²) in [5, 5.41) is 18.3. The van der Waals surface area contributed by atoms with Crippen LogP contribution in [0.2, 0.25) is 0 Å². The van der Waals surface area contributed by atoms with Crippen molar-refractivity contribution in [3.63, 3.8) is 0 Å². The van der Waals surface area contributed by atoms with Crippen molar-refractivity contribution >= 4 is 23.6 Å². The van der Waals surface area contributed by atoms with Crippen molar-refractivity contribution in [3.8, 4) is 0 Å². The summed E-state index contributed by atoms with van der Waals surface area (Å²) in [4.78, 5) is 41.5. The van der Waals surface area contributed by atoms with Crippen LogP contribution in [0.1, 0.15) is 19.3 Å². The van der Waals surface area contributed by atoms with Crippen LogP contribution in [-0.2, 0) is 9.59 Å². The number of hydrogen-bond acceptors (Lipinski definition) is 5. The van der Waals surface area contributed by atoms with E-state index in [-0.39, 0.29) is 24.3 Å². The van der Waals surface area contributed by atoms with Gasteiger partial charge in [0, 0.05) is 32.1 Å². The Bertz CT molecular complexity index is 879. The predicted molar refractivity (Wildman–Crippen MR) is 102 cm³/mol. The number of anilines is 1. The Labute approximate surface area is 167 Å². The van der Waals surface area contributed by atoms with E-state index in [2.05, 4.69) is 10.3 Å². The largest absolute Gasteiger partial charge is 0.465 e. The van der Waals surface area contributed by atoms with Gasteiger partial charge in [0.05, 0.1) is 24.0 Å². The first-order valence-corrected chi connectivity index (χ1v) is 9.57.